The van der Waals surface area contributed by atoms with Gasteiger partial charge in [0.05, 0.1) is 0 Å². The molecule has 2 aromatic rings. The molecule has 0 atom stereocenters. The molecule has 0 spiro atoms. The molecule has 1 aromatic heterocycles. The van der Waals surface area contributed by atoms with Gasteiger partial charge in [-0.15, -0.1) is 0 Å². The number of para-hydroxylation sites is 1. The number of nitrogens with zero attached hydrogens (tertiary/aromatic N) is 1. The van der Waals surface area contributed by atoms with E-state index in [1.54, 1.807) is 6.07 Å². The zero-order valence-electron chi connectivity index (χ0n) is 10.3. The number of rotatable bonds is 4. The Morgan fingerprint density at radius 1 is 1.18 bits per heavy atom. The van der Waals surface area contributed by atoms with Crippen LogP contribution in [0.2, 0.25) is 0 Å². The fourth-order valence-electron chi connectivity index (χ4n) is 2.00. The van der Waals surface area contributed by atoms with Crippen molar-refractivity contribution in [2.45, 2.75) is 20.4 Å². The van der Waals surface area contributed by atoms with Gasteiger partial charge in [0.2, 0.25) is 0 Å². The maximum atomic E-state index is 11.5. The molecule has 0 saturated carbocycles. The molecule has 3 nitrogen and oxygen atoms in total. The molecule has 2 rings (SSSR count). The fourth-order valence-corrected chi connectivity index (χ4v) is 2.00. The number of benzene rings is 1. The lowest BCUT2D eigenvalue weighted by Gasteiger charge is -2.18. The molecule has 90 valence electrons. The first kappa shape index (κ1) is 11.9. The summed E-state index contributed by atoms with van der Waals surface area (Å²) in [6.45, 7) is 6.99. The highest BCUT2D eigenvalue weighted by atomic mass is 16.4. The van der Waals surface area contributed by atoms with E-state index in [0.717, 1.165) is 30.6 Å². The van der Waals surface area contributed by atoms with Crippen LogP contribution in [0.1, 0.15) is 19.4 Å². The number of fused-ring (bicyclic) bond motifs is 1. The van der Waals surface area contributed by atoms with Gasteiger partial charge in [-0.2, -0.15) is 0 Å². The zero-order valence-corrected chi connectivity index (χ0v) is 10.3. The molecule has 0 fully saturated rings. The second-order valence-electron chi connectivity index (χ2n) is 4.05. The molecule has 1 heterocycles. The number of hydrogen-bond donors (Lipinski definition) is 0. The van der Waals surface area contributed by atoms with Crippen LogP contribution in [0.25, 0.3) is 11.0 Å². The second kappa shape index (κ2) is 5.15. The summed E-state index contributed by atoms with van der Waals surface area (Å²) in [5.74, 6) is 0. The molecule has 0 N–H and O–H groups in total. The summed E-state index contributed by atoms with van der Waals surface area (Å²) in [6.07, 6.45) is 0. The summed E-state index contributed by atoms with van der Waals surface area (Å²) in [5.41, 5.74) is 1.44. The summed E-state index contributed by atoms with van der Waals surface area (Å²) in [6, 6.07) is 9.28. The largest absolute Gasteiger partial charge is 0.423 e. The third-order valence-electron chi connectivity index (χ3n) is 3.02. The minimum atomic E-state index is -0.272. The maximum Gasteiger partial charge on any atom is 0.336 e. The summed E-state index contributed by atoms with van der Waals surface area (Å²) in [7, 11) is 0. The van der Waals surface area contributed by atoms with Crippen LogP contribution < -0.4 is 5.63 Å². The standard InChI is InChI=1S/C14H17NO2/c1-3-15(4-2)10-11-9-14(16)17-13-8-6-5-7-12(11)13/h5-9H,3-4,10H2,1-2H3. The van der Waals surface area contributed by atoms with Crippen molar-refractivity contribution in [1.82, 2.24) is 4.90 Å². The fraction of sp³-hybridized carbons (Fsp3) is 0.357. The molecule has 17 heavy (non-hydrogen) atoms. The Kier molecular flexibility index (Phi) is 3.59. The van der Waals surface area contributed by atoms with Crippen LogP contribution in [0, 0.1) is 0 Å². The van der Waals surface area contributed by atoms with Crippen LogP contribution in [0.5, 0.6) is 0 Å². The van der Waals surface area contributed by atoms with Crippen molar-refractivity contribution in [2.24, 2.45) is 0 Å². The molecular weight excluding hydrogens is 214 g/mol. The molecule has 0 aliphatic carbocycles. The minimum absolute atomic E-state index is 0.272. The normalized spacial score (nSPS) is 11.2. The van der Waals surface area contributed by atoms with Crippen LogP contribution in [-0.2, 0) is 6.54 Å². The topological polar surface area (TPSA) is 33.5 Å². The quantitative estimate of drug-likeness (QED) is 0.758. The second-order valence-corrected chi connectivity index (χ2v) is 4.05. The lowest BCUT2D eigenvalue weighted by atomic mass is 10.1. The van der Waals surface area contributed by atoms with Crippen molar-refractivity contribution in [1.29, 1.82) is 0 Å². The van der Waals surface area contributed by atoms with Crippen LogP contribution in [0.15, 0.2) is 39.5 Å². The van der Waals surface area contributed by atoms with Gasteiger partial charge in [-0.1, -0.05) is 32.0 Å². The molecule has 0 saturated heterocycles. The molecule has 0 bridgehead atoms. The summed E-state index contributed by atoms with van der Waals surface area (Å²) in [5, 5.41) is 1.03. The maximum absolute atomic E-state index is 11.5. The van der Waals surface area contributed by atoms with E-state index in [1.165, 1.54) is 0 Å². The summed E-state index contributed by atoms with van der Waals surface area (Å²) >= 11 is 0. The Morgan fingerprint density at radius 3 is 2.59 bits per heavy atom. The van der Waals surface area contributed by atoms with Crippen molar-refractivity contribution < 1.29 is 4.42 Å². The highest BCUT2D eigenvalue weighted by Crippen LogP contribution is 2.17. The van der Waals surface area contributed by atoms with Crippen molar-refractivity contribution in [2.75, 3.05) is 13.1 Å². The smallest absolute Gasteiger partial charge is 0.336 e. The molecule has 0 unspecified atom stereocenters. The van der Waals surface area contributed by atoms with Gasteiger partial charge in [0.1, 0.15) is 5.58 Å². The first-order chi connectivity index (χ1) is 8.24. The highest BCUT2D eigenvalue weighted by Gasteiger charge is 2.07. The molecule has 0 radical (unpaired) electrons. The third-order valence-corrected chi connectivity index (χ3v) is 3.02. The Balaban J connectivity index is 2.48. The lowest BCUT2D eigenvalue weighted by Crippen LogP contribution is -2.22. The summed E-state index contributed by atoms with van der Waals surface area (Å²) in [4.78, 5) is 13.8. The van der Waals surface area contributed by atoms with E-state index in [2.05, 4.69) is 18.7 Å². The number of hydrogen-bond acceptors (Lipinski definition) is 3. The molecule has 0 amide bonds. The van der Waals surface area contributed by atoms with Gasteiger partial charge in [0.25, 0.3) is 0 Å². The van der Waals surface area contributed by atoms with E-state index in [1.807, 2.05) is 24.3 Å². The van der Waals surface area contributed by atoms with Gasteiger partial charge in [0.15, 0.2) is 0 Å². The molecule has 0 aliphatic rings. The van der Waals surface area contributed by atoms with Crippen LogP contribution in [0.3, 0.4) is 0 Å². The van der Waals surface area contributed by atoms with Gasteiger partial charge in [-0.25, -0.2) is 4.79 Å². The van der Waals surface area contributed by atoms with E-state index in [4.69, 9.17) is 4.42 Å². The predicted molar refractivity (Wildman–Crippen MR) is 69.1 cm³/mol. The van der Waals surface area contributed by atoms with E-state index >= 15 is 0 Å². The van der Waals surface area contributed by atoms with Gasteiger partial charge < -0.3 is 4.42 Å². The lowest BCUT2D eigenvalue weighted by molar-refractivity contribution is 0.296. The van der Waals surface area contributed by atoms with Gasteiger partial charge in [0, 0.05) is 18.0 Å². The SMILES string of the molecule is CCN(CC)Cc1cc(=O)oc2ccccc12. The first-order valence-electron chi connectivity index (χ1n) is 5.98. The Morgan fingerprint density at radius 2 is 1.88 bits per heavy atom. The zero-order chi connectivity index (χ0) is 12.3. The van der Waals surface area contributed by atoms with E-state index < -0.39 is 0 Å². The van der Waals surface area contributed by atoms with Gasteiger partial charge in [-0.05, 0) is 24.7 Å². The van der Waals surface area contributed by atoms with Crippen LogP contribution in [-0.4, -0.2) is 18.0 Å². The summed E-state index contributed by atoms with van der Waals surface area (Å²) < 4.78 is 5.18. The average molecular weight is 231 g/mol. The van der Waals surface area contributed by atoms with Crippen LogP contribution >= 0.6 is 0 Å². The van der Waals surface area contributed by atoms with E-state index in [0.29, 0.717) is 5.58 Å². The monoisotopic (exact) mass is 231 g/mol. The van der Waals surface area contributed by atoms with Gasteiger partial charge in [-0.3, -0.25) is 4.90 Å². The molecular formula is C14H17NO2. The van der Waals surface area contributed by atoms with Gasteiger partial charge >= 0.3 is 5.63 Å². The Bertz CT molecular complexity index is 555. The van der Waals surface area contributed by atoms with E-state index in [9.17, 15) is 4.79 Å². The highest BCUT2D eigenvalue weighted by molar-refractivity contribution is 5.79. The molecule has 0 aliphatic heterocycles. The predicted octanol–water partition coefficient (Wildman–Crippen LogP) is 2.63. The third kappa shape index (κ3) is 2.56. The first-order valence-corrected chi connectivity index (χ1v) is 5.98. The van der Waals surface area contributed by atoms with Crippen LogP contribution in [0.4, 0.5) is 0 Å². The molecule has 3 heteroatoms. The average Bonchev–Trinajstić information content (AvgIpc) is 2.35. The Labute approximate surface area is 101 Å². The molecule has 1 aromatic carbocycles. The van der Waals surface area contributed by atoms with E-state index in [-0.39, 0.29) is 5.63 Å². The van der Waals surface area contributed by atoms with Crippen molar-refractivity contribution in [3.05, 3.63) is 46.3 Å². The Hall–Kier alpha value is -1.61. The van der Waals surface area contributed by atoms with Crippen molar-refractivity contribution >= 4 is 11.0 Å². The van der Waals surface area contributed by atoms with Crippen molar-refractivity contribution in [3.8, 4) is 0 Å². The minimum Gasteiger partial charge on any atom is -0.423 e. The van der Waals surface area contributed by atoms with Crippen molar-refractivity contribution in [3.63, 3.8) is 0 Å².